The molecule has 0 atom stereocenters. The third kappa shape index (κ3) is 0.734. The first-order chi connectivity index (χ1) is 4.98. The molecule has 3 fully saturated rings. The van der Waals surface area contributed by atoms with Crippen molar-refractivity contribution in [2.75, 3.05) is 0 Å². The molecular weight excluding hydrogens is 141 g/mol. The van der Waals surface area contributed by atoms with Crippen molar-refractivity contribution in [2.45, 2.75) is 38.6 Å². The fraction of sp³-hybridized carbons (Fsp3) is 0.778. The van der Waals surface area contributed by atoms with Crippen LogP contribution in [0.4, 0.5) is 4.39 Å². The van der Waals surface area contributed by atoms with Crippen molar-refractivity contribution in [3.63, 3.8) is 0 Å². The number of halogens is 1. The molecule has 2 bridgehead atoms. The fourth-order valence-corrected chi connectivity index (χ4v) is 2.63. The van der Waals surface area contributed by atoms with E-state index >= 15 is 0 Å². The minimum Gasteiger partial charge on any atom is -0.325 e. The topological polar surface area (TPSA) is 26.0 Å². The molecule has 11 heavy (non-hydrogen) atoms. The number of nitrogens with two attached hydrogens (primary N) is 1. The summed E-state index contributed by atoms with van der Waals surface area (Å²) in [6.07, 6.45) is 2.62. The van der Waals surface area contributed by atoms with Crippen molar-refractivity contribution in [1.29, 1.82) is 0 Å². The third-order valence-corrected chi connectivity index (χ3v) is 2.98. The summed E-state index contributed by atoms with van der Waals surface area (Å²) < 4.78 is 13.4. The Labute approximate surface area is 66.5 Å². The van der Waals surface area contributed by atoms with E-state index in [-0.39, 0.29) is 16.8 Å². The van der Waals surface area contributed by atoms with Crippen LogP contribution in [-0.4, -0.2) is 5.54 Å². The molecule has 3 saturated carbocycles. The van der Waals surface area contributed by atoms with Gasteiger partial charge in [-0.1, -0.05) is 0 Å². The summed E-state index contributed by atoms with van der Waals surface area (Å²) in [6.45, 7) is 3.66. The first-order valence-corrected chi connectivity index (χ1v) is 4.10. The maximum absolute atomic E-state index is 13.4. The smallest absolute Gasteiger partial charge is 0.105 e. The second kappa shape index (κ2) is 1.69. The molecule has 0 aromatic carbocycles. The van der Waals surface area contributed by atoms with Crippen molar-refractivity contribution in [2.24, 2.45) is 11.1 Å². The van der Waals surface area contributed by atoms with E-state index in [1.54, 1.807) is 0 Å². The van der Waals surface area contributed by atoms with E-state index in [2.05, 4.69) is 0 Å². The Morgan fingerprint density at radius 2 is 1.73 bits per heavy atom. The van der Waals surface area contributed by atoms with Gasteiger partial charge in [0.15, 0.2) is 0 Å². The van der Waals surface area contributed by atoms with Crippen molar-refractivity contribution >= 4 is 0 Å². The van der Waals surface area contributed by atoms with Crippen molar-refractivity contribution in [1.82, 2.24) is 0 Å². The van der Waals surface area contributed by atoms with E-state index in [9.17, 15) is 4.39 Å². The van der Waals surface area contributed by atoms with Crippen LogP contribution in [0.5, 0.6) is 0 Å². The second-order valence-corrected chi connectivity index (χ2v) is 4.49. The highest BCUT2D eigenvalue weighted by atomic mass is 19.1. The molecule has 62 valence electrons. The second-order valence-electron chi connectivity index (χ2n) is 4.49. The van der Waals surface area contributed by atoms with Crippen LogP contribution in [0.3, 0.4) is 0 Å². The highest BCUT2D eigenvalue weighted by Gasteiger charge is 2.68. The van der Waals surface area contributed by atoms with Crippen LogP contribution in [0.2, 0.25) is 0 Å². The lowest BCUT2D eigenvalue weighted by Gasteiger charge is -2.68. The van der Waals surface area contributed by atoms with Crippen LogP contribution in [-0.2, 0) is 0 Å². The minimum atomic E-state index is -0.104. The van der Waals surface area contributed by atoms with Gasteiger partial charge in [0.1, 0.15) is 5.83 Å². The maximum Gasteiger partial charge on any atom is 0.105 e. The maximum atomic E-state index is 13.4. The number of allylic oxidation sites excluding steroid dienone is 2. The van der Waals surface area contributed by atoms with Crippen LogP contribution in [0, 0.1) is 5.41 Å². The molecular formula is C9H14FN. The van der Waals surface area contributed by atoms with Gasteiger partial charge in [0.2, 0.25) is 0 Å². The Morgan fingerprint density at radius 1 is 1.27 bits per heavy atom. The van der Waals surface area contributed by atoms with E-state index < -0.39 is 0 Å². The summed E-state index contributed by atoms with van der Waals surface area (Å²) in [5.41, 5.74) is 6.56. The van der Waals surface area contributed by atoms with Gasteiger partial charge in [-0.05, 0) is 38.7 Å². The van der Waals surface area contributed by atoms with Gasteiger partial charge in [0.25, 0.3) is 0 Å². The molecule has 3 rings (SSSR count). The Bertz CT molecular complexity index is 218. The van der Waals surface area contributed by atoms with E-state index in [4.69, 9.17) is 5.73 Å². The zero-order chi connectivity index (χ0) is 8.28. The van der Waals surface area contributed by atoms with Gasteiger partial charge in [-0.3, -0.25) is 0 Å². The monoisotopic (exact) mass is 155 g/mol. The Balaban J connectivity index is 2.16. The lowest BCUT2D eigenvalue weighted by molar-refractivity contribution is -0.114. The molecule has 0 unspecified atom stereocenters. The van der Waals surface area contributed by atoms with Crippen LogP contribution in [0.1, 0.15) is 33.1 Å². The fourth-order valence-electron chi connectivity index (χ4n) is 2.63. The van der Waals surface area contributed by atoms with Gasteiger partial charge in [-0.2, -0.15) is 0 Å². The van der Waals surface area contributed by atoms with Gasteiger partial charge in [-0.25, -0.2) is 4.39 Å². The third-order valence-electron chi connectivity index (χ3n) is 2.98. The van der Waals surface area contributed by atoms with Crippen LogP contribution in [0.25, 0.3) is 0 Å². The summed E-state index contributed by atoms with van der Waals surface area (Å²) in [5.74, 6) is 0.102. The highest BCUT2D eigenvalue weighted by molar-refractivity contribution is 5.33. The molecule has 2 heteroatoms. The first-order valence-electron chi connectivity index (χ1n) is 4.10. The standard InChI is InChI=1S/C9H14FN/c1-6(2)7(10)8-3-9(11,4-8)5-8/h3-5,11H2,1-2H3. The molecule has 3 aliphatic carbocycles. The molecule has 3 aliphatic rings. The number of rotatable bonds is 1. The Kier molecular flexibility index (Phi) is 1.12. The molecule has 0 aromatic heterocycles. The molecule has 0 spiro atoms. The first kappa shape index (κ1) is 7.29. The summed E-state index contributed by atoms with van der Waals surface area (Å²) in [4.78, 5) is 0. The molecule has 0 aromatic rings. The van der Waals surface area contributed by atoms with Crippen LogP contribution in [0.15, 0.2) is 11.4 Å². The summed E-state index contributed by atoms with van der Waals surface area (Å²) in [7, 11) is 0. The molecule has 0 radical (unpaired) electrons. The SMILES string of the molecule is CC(C)=C(F)C12CC(N)(C1)C2. The van der Waals surface area contributed by atoms with E-state index in [1.165, 1.54) is 0 Å². The minimum absolute atomic E-state index is 0.0206. The van der Waals surface area contributed by atoms with Gasteiger partial charge in [0.05, 0.1) is 0 Å². The van der Waals surface area contributed by atoms with Gasteiger partial charge < -0.3 is 5.73 Å². The molecule has 0 amide bonds. The number of hydrogen-bond acceptors (Lipinski definition) is 1. The molecule has 0 saturated heterocycles. The predicted molar refractivity (Wildman–Crippen MR) is 42.7 cm³/mol. The largest absolute Gasteiger partial charge is 0.325 e. The lowest BCUT2D eigenvalue weighted by atomic mass is 9.39. The zero-order valence-electron chi connectivity index (χ0n) is 7.08. The Morgan fingerprint density at radius 3 is 2.00 bits per heavy atom. The zero-order valence-corrected chi connectivity index (χ0v) is 7.08. The Hall–Kier alpha value is -0.370. The molecule has 2 N–H and O–H groups in total. The van der Waals surface area contributed by atoms with Crippen molar-refractivity contribution in [3.05, 3.63) is 11.4 Å². The molecule has 0 aliphatic heterocycles. The van der Waals surface area contributed by atoms with E-state index in [0.717, 1.165) is 24.8 Å². The number of hydrogen-bond donors (Lipinski definition) is 1. The highest BCUT2D eigenvalue weighted by Crippen LogP contribution is 2.69. The predicted octanol–water partition coefficient (Wildman–Crippen LogP) is 2.13. The average Bonchev–Trinajstić information content (AvgIpc) is 1.77. The summed E-state index contributed by atoms with van der Waals surface area (Å²) >= 11 is 0. The van der Waals surface area contributed by atoms with Crippen molar-refractivity contribution < 1.29 is 4.39 Å². The lowest BCUT2D eigenvalue weighted by Crippen LogP contribution is -2.72. The van der Waals surface area contributed by atoms with E-state index in [0.29, 0.717) is 0 Å². The van der Waals surface area contributed by atoms with Crippen LogP contribution >= 0.6 is 0 Å². The summed E-state index contributed by atoms with van der Waals surface area (Å²) in [5, 5.41) is 0. The van der Waals surface area contributed by atoms with Gasteiger partial charge in [0, 0.05) is 11.0 Å². The normalized spacial score (nSPS) is 45.8. The molecule has 0 heterocycles. The average molecular weight is 155 g/mol. The van der Waals surface area contributed by atoms with Crippen molar-refractivity contribution in [3.8, 4) is 0 Å². The van der Waals surface area contributed by atoms with Gasteiger partial charge in [-0.15, -0.1) is 0 Å². The van der Waals surface area contributed by atoms with E-state index in [1.807, 2.05) is 13.8 Å². The van der Waals surface area contributed by atoms with Crippen LogP contribution < -0.4 is 5.73 Å². The quantitative estimate of drug-likeness (QED) is 0.616. The molecule has 1 nitrogen and oxygen atoms in total. The van der Waals surface area contributed by atoms with Gasteiger partial charge >= 0.3 is 0 Å². The summed E-state index contributed by atoms with van der Waals surface area (Å²) in [6, 6.07) is 0.